The van der Waals surface area contributed by atoms with Crippen LogP contribution in [0.15, 0.2) is 30.6 Å². The van der Waals surface area contributed by atoms with E-state index in [9.17, 15) is 0 Å². The lowest BCUT2D eigenvalue weighted by Gasteiger charge is -2.04. The molecule has 0 aliphatic carbocycles. The Morgan fingerprint density at radius 3 is 3.00 bits per heavy atom. The Kier molecular flexibility index (Phi) is 2.86. The largest absolute Gasteiger partial charge is 0.398 e. The molecule has 0 saturated carbocycles. The van der Waals surface area contributed by atoms with Crippen molar-refractivity contribution in [3.05, 3.63) is 36.2 Å². The summed E-state index contributed by atoms with van der Waals surface area (Å²) in [5.74, 6) is 0. The second-order valence-electron chi connectivity index (χ2n) is 2.85. The molecule has 1 heterocycles. The molecule has 0 atom stereocenters. The van der Waals surface area contributed by atoms with E-state index in [-0.39, 0.29) is 0 Å². The third-order valence-corrected chi connectivity index (χ3v) is 1.88. The van der Waals surface area contributed by atoms with Gasteiger partial charge < -0.3 is 5.73 Å². The molecule has 1 rings (SSSR count). The molecule has 1 aromatic heterocycles. The van der Waals surface area contributed by atoms with E-state index in [1.807, 2.05) is 6.07 Å². The SMILES string of the molecule is C=C(CC)Cc1cnccc1N. The molecular formula is C10H14N2. The van der Waals surface area contributed by atoms with Gasteiger partial charge in [0.25, 0.3) is 0 Å². The van der Waals surface area contributed by atoms with Crippen molar-refractivity contribution in [3.63, 3.8) is 0 Å². The number of nitrogen functional groups attached to an aromatic ring is 1. The van der Waals surface area contributed by atoms with Crippen LogP contribution in [0.5, 0.6) is 0 Å². The lowest BCUT2D eigenvalue weighted by atomic mass is 10.1. The molecule has 0 radical (unpaired) electrons. The summed E-state index contributed by atoms with van der Waals surface area (Å²) in [6, 6.07) is 1.82. The van der Waals surface area contributed by atoms with E-state index in [4.69, 9.17) is 5.73 Å². The molecule has 2 heteroatoms. The Morgan fingerprint density at radius 2 is 2.42 bits per heavy atom. The van der Waals surface area contributed by atoms with E-state index in [1.54, 1.807) is 12.4 Å². The average Bonchev–Trinajstić information content (AvgIpc) is 2.09. The highest BCUT2D eigenvalue weighted by atomic mass is 14.7. The van der Waals surface area contributed by atoms with Crippen LogP contribution in [0.2, 0.25) is 0 Å². The van der Waals surface area contributed by atoms with Crippen LogP contribution in [-0.4, -0.2) is 4.98 Å². The molecule has 0 bridgehead atoms. The number of anilines is 1. The fourth-order valence-electron chi connectivity index (χ4n) is 0.980. The Balaban J connectivity index is 2.75. The van der Waals surface area contributed by atoms with Crippen LogP contribution < -0.4 is 5.73 Å². The number of aromatic nitrogens is 1. The first-order chi connectivity index (χ1) is 5.74. The summed E-state index contributed by atoms with van der Waals surface area (Å²) in [5, 5.41) is 0. The van der Waals surface area contributed by atoms with E-state index in [0.29, 0.717) is 0 Å². The maximum Gasteiger partial charge on any atom is 0.0380 e. The first kappa shape index (κ1) is 8.78. The highest BCUT2D eigenvalue weighted by molar-refractivity contribution is 5.45. The van der Waals surface area contributed by atoms with Crippen molar-refractivity contribution in [1.82, 2.24) is 4.98 Å². The molecule has 2 nitrogen and oxygen atoms in total. The van der Waals surface area contributed by atoms with E-state index < -0.39 is 0 Å². The van der Waals surface area contributed by atoms with Gasteiger partial charge in [0, 0.05) is 18.1 Å². The van der Waals surface area contributed by atoms with Gasteiger partial charge in [-0.2, -0.15) is 0 Å². The van der Waals surface area contributed by atoms with Gasteiger partial charge in [-0.15, -0.1) is 0 Å². The first-order valence-electron chi connectivity index (χ1n) is 4.09. The smallest absolute Gasteiger partial charge is 0.0380 e. The molecular weight excluding hydrogens is 148 g/mol. The quantitative estimate of drug-likeness (QED) is 0.692. The van der Waals surface area contributed by atoms with Crippen molar-refractivity contribution in [2.24, 2.45) is 0 Å². The van der Waals surface area contributed by atoms with Crippen molar-refractivity contribution in [2.45, 2.75) is 19.8 Å². The maximum atomic E-state index is 5.74. The van der Waals surface area contributed by atoms with E-state index in [0.717, 1.165) is 24.1 Å². The van der Waals surface area contributed by atoms with E-state index in [2.05, 4.69) is 18.5 Å². The van der Waals surface area contributed by atoms with Gasteiger partial charge in [-0.05, 0) is 24.5 Å². The zero-order chi connectivity index (χ0) is 8.97. The zero-order valence-corrected chi connectivity index (χ0v) is 7.38. The predicted molar refractivity (Wildman–Crippen MR) is 51.8 cm³/mol. The van der Waals surface area contributed by atoms with Crippen molar-refractivity contribution in [3.8, 4) is 0 Å². The highest BCUT2D eigenvalue weighted by Gasteiger charge is 1.99. The third kappa shape index (κ3) is 2.09. The van der Waals surface area contributed by atoms with Gasteiger partial charge in [-0.25, -0.2) is 0 Å². The molecule has 64 valence electrons. The monoisotopic (exact) mass is 162 g/mol. The number of hydrogen-bond acceptors (Lipinski definition) is 2. The summed E-state index contributed by atoms with van der Waals surface area (Å²) in [7, 11) is 0. The Hall–Kier alpha value is -1.31. The summed E-state index contributed by atoms with van der Waals surface area (Å²) >= 11 is 0. The third-order valence-electron chi connectivity index (χ3n) is 1.88. The lowest BCUT2D eigenvalue weighted by Crippen LogP contribution is -1.96. The van der Waals surface area contributed by atoms with Crippen LogP contribution in [0.4, 0.5) is 5.69 Å². The van der Waals surface area contributed by atoms with Crippen molar-refractivity contribution < 1.29 is 0 Å². The summed E-state index contributed by atoms with van der Waals surface area (Å²) < 4.78 is 0. The van der Waals surface area contributed by atoms with Gasteiger partial charge in [0.2, 0.25) is 0 Å². The van der Waals surface area contributed by atoms with Gasteiger partial charge in [0.05, 0.1) is 0 Å². The molecule has 2 N–H and O–H groups in total. The normalized spacial score (nSPS) is 9.75. The fraction of sp³-hybridized carbons (Fsp3) is 0.300. The van der Waals surface area contributed by atoms with Crippen LogP contribution in [-0.2, 0) is 6.42 Å². The van der Waals surface area contributed by atoms with Crippen molar-refractivity contribution in [1.29, 1.82) is 0 Å². The molecule has 0 saturated heterocycles. The van der Waals surface area contributed by atoms with Crippen molar-refractivity contribution in [2.75, 3.05) is 5.73 Å². The number of rotatable bonds is 3. The minimum atomic E-state index is 0.805. The number of nitrogens with two attached hydrogens (primary N) is 1. The van der Waals surface area contributed by atoms with Crippen LogP contribution in [0.1, 0.15) is 18.9 Å². The number of hydrogen-bond donors (Lipinski definition) is 1. The second kappa shape index (κ2) is 3.90. The Labute approximate surface area is 73.1 Å². The second-order valence-corrected chi connectivity index (χ2v) is 2.85. The standard InChI is InChI=1S/C10H14N2/c1-3-8(2)6-9-7-12-5-4-10(9)11/h4-5,7H,2-3,6H2,1H3,(H2,11,12). The molecule has 12 heavy (non-hydrogen) atoms. The van der Waals surface area contributed by atoms with Gasteiger partial charge in [0.1, 0.15) is 0 Å². The average molecular weight is 162 g/mol. The Bertz CT molecular complexity index is 279. The number of pyridine rings is 1. The predicted octanol–water partition coefficient (Wildman–Crippen LogP) is 2.17. The minimum Gasteiger partial charge on any atom is -0.398 e. The van der Waals surface area contributed by atoms with Gasteiger partial charge >= 0.3 is 0 Å². The molecule has 1 aromatic rings. The van der Waals surface area contributed by atoms with Crippen LogP contribution in [0, 0.1) is 0 Å². The molecule has 0 aliphatic heterocycles. The Morgan fingerprint density at radius 1 is 1.67 bits per heavy atom. The minimum absolute atomic E-state index is 0.805. The van der Waals surface area contributed by atoms with Crippen LogP contribution in [0.25, 0.3) is 0 Å². The molecule has 0 amide bonds. The lowest BCUT2D eigenvalue weighted by molar-refractivity contribution is 1.01. The topological polar surface area (TPSA) is 38.9 Å². The van der Waals surface area contributed by atoms with Crippen LogP contribution >= 0.6 is 0 Å². The fourth-order valence-corrected chi connectivity index (χ4v) is 0.980. The van der Waals surface area contributed by atoms with Crippen molar-refractivity contribution >= 4 is 5.69 Å². The van der Waals surface area contributed by atoms with E-state index >= 15 is 0 Å². The van der Waals surface area contributed by atoms with Gasteiger partial charge in [-0.3, -0.25) is 4.98 Å². The first-order valence-corrected chi connectivity index (χ1v) is 4.09. The summed E-state index contributed by atoms with van der Waals surface area (Å²) in [5.41, 5.74) is 8.81. The highest BCUT2D eigenvalue weighted by Crippen LogP contribution is 2.14. The van der Waals surface area contributed by atoms with Crippen LogP contribution in [0.3, 0.4) is 0 Å². The summed E-state index contributed by atoms with van der Waals surface area (Å²) in [6.07, 6.45) is 5.34. The van der Waals surface area contributed by atoms with Gasteiger partial charge in [-0.1, -0.05) is 19.1 Å². The maximum absolute atomic E-state index is 5.74. The summed E-state index contributed by atoms with van der Waals surface area (Å²) in [4.78, 5) is 4.01. The molecule has 0 spiro atoms. The number of nitrogens with zero attached hydrogens (tertiary/aromatic N) is 1. The molecule has 0 unspecified atom stereocenters. The number of allylic oxidation sites excluding steroid dienone is 1. The van der Waals surface area contributed by atoms with E-state index in [1.165, 1.54) is 5.57 Å². The molecule has 0 aromatic carbocycles. The van der Waals surface area contributed by atoms with Gasteiger partial charge in [0.15, 0.2) is 0 Å². The molecule has 0 aliphatic rings. The molecule has 0 fully saturated rings. The summed E-state index contributed by atoms with van der Waals surface area (Å²) in [6.45, 7) is 6.02. The zero-order valence-electron chi connectivity index (χ0n) is 7.38.